The first-order valence-corrected chi connectivity index (χ1v) is 10.1. The molecule has 1 saturated heterocycles. The average molecular weight is 388 g/mol. The summed E-state index contributed by atoms with van der Waals surface area (Å²) in [6.45, 7) is 10.8. The monoisotopic (exact) mass is 387 g/mol. The zero-order valence-corrected chi connectivity index (χ0v) is 17.8. The van der Waals surface area contributed by atoms with E-state index in [2.05, 4.69) is 31.0 Å². The second kappa shape index (κ2) is 7.74. The molecule has 2 atom stereocenters. The van der Waals surface area contributed by atoms with E-state index in [9.17, 15) is 9.59 Å². The Bertz CT molecular complexity index is 707. The molecule has 1 aliphatic heterocycles. The van der Waals surface area contributed by atoms with Crippen molar-refractivity contribution in [2.75, 3.05) is 39.8 Å². The standard InChI is InChI=1S/C22H33N3O3/c1-21(2,3)28-20(27)25(16-19(26)24-13-11-23(5)12-14-24)22(4)15-18(22)17-9-7-6-8-10-17/h6-10,18H,11-16H2,1-5H3. The molecule has 6 heteroatoms. The maximum absolute atomic E-state index is 13.0. The van der Waals surface area contributed by atoms with Crippen LogP contribution in [0.25, 0.3) is 0 Å². The lowest BCUT2D eigenvalue weighted by atomic mass is 10.1. The Balaban J connectivity index is 1.76. The highest BCUT2D eigenvalue weighted by atomic mass is 16.6. The van der Waals surface area contributed by atoms with E-state index < -0.39 is 17.2 Å². The first-order chi connectivity index (χ1) is 13.1. The number of hydrogen-bond donors (Lipinski definition) is 0. The Morgan fingerprint density at radius 3 is 2.32 bits per heavy atom. The second-order valence-corrected chi connectivity index (χ2v) is 9.28. The van der Waals surface area contributed by atoms with Gasteiger partial charge in [0.1, 0.15) is 12.1 Å². The predicted molar refractivity (Wildman–Crippen MR) is 109 cm³/mol. The lowest BCUT2D eigenvalue weighted by molar-refractivity contribution is -0.134. The number of carbonyl (C=O) groups excluding carboxylic acids is 2. The molecule has 2 unspecified atom stereocenters. The van der Waals surface area contributed by atoms with E-state index in [4.69, 9.17) is 4.74 Å². The average Bonchev–Trinajstić information content (AvgIpc) is 3.32. The number of carbonyl (C=O) groups is 2. The molecule has 1 heterocycles. The molecule has 2 amide bonds. The predicted octanol–water partition coefficient (Wildman–Crippen LogP) is 2.94. The summed E-state index contributed by atoms with van der Waals surface area (Å²) in [5, 5.41) is 0. The van der Waals surface area contributed by atoms with Crippen LogP contribution in [0.1, 0.15) is 45.6 Å². The highest BCUT2D eigenvalue weighted by molar-refractivity contribution is 5.83. The summed E-state index contributed by atoms with van der Waals surface area (Å²) in [7, 11) is 2.06. The molecule has 0 radical (unpaired) electrons. The summed E-state index contributed by atoms with van der Waals surface area (Å²) in [5.74, 6) is 0.223. The summed E-state index contributed by atoms with van der Waals surface area (Å²) >= 11 is 0. The van der Waals surface area contributed by atoms with Gasteiger partial charge in [0.15, 0.2) is 0 Å². The number of amides is 2. The normalized spacial score (nSPS) is 25.3. The van der Waals surface area contributed by atoms with Crippen molar-refractivity contribution in [2.24, 2.45) is 0 Å². The van der Waals surface area contributed by atoms with Gasteiger partial charge in [0, 0.05) is 32.1 Å². The Morgan fingerprint density at radius 2 is 1.75 bits per heavy atom. The molecular formula is C22H33N3O3. The van der Waals surface area contributed by atoms with E-state index in [1.807, 2.05) is 43.9 Å². The van der Waals surface area contributed by atoms with Crippen molar-refractivity contribution in [3.63, 3.8) is 0 Å². The molecule has 1 saturated carbocycles. The van der Waals surface area contributed by atoms with Crippen molar-refractivity contribution < 1.29 is 14.3 Å². The van der Waals surface area contributed by atoms with Gasteiger partial charge in [-0.25, -0.2) is 4.79 Å². The van der Waals surface area contributed by atoms with Gasteiger partial charge in [0.2, 0.25) is 5.91 Å². The number of rotatable bonds is 4. The van der Waals surface area contributed by atoms with Gasteiger partial charge < -0.3 is 14.5 Å². The maximum Gasteiger partial charge on any atom is 0.411 e. The van der Waals surface area contributed by atoms with Crippen LogP contribution < -0.4 is 0 Å². The van der Waals surface area contributed by atoms with E-state index in [1.54, 1.807) is 4.90 Å². The molecule has 154 valence electrons. The van der Waals surface area contributed by atoms with Crippen molar-refractivity contribution in [1.29, 1.82) is 0 Å². The van der Waals surface area contributed by atoms with Gasteiger partial charge in [0.25, 0.3) is 0 Å². The minimum Gasteiger partial charge on any atom is -0.444 e. The SMILES string of the molecule is CN1CCN(C(=O)CN(C(=O)OC(C)(C)C)C2(C)CC2c2ccccc2)CC1. The van der Waals surface area contributed by atoms with Crippen molar-refractivity contribution in [3.8, 4) is 0 Å². The summed E-state index contributed by atoms with van der Waals surface area (Å²) in [4.78, 5) is 31.7. The van der Waals surface area contributed by atoms with Crippen molar-refractivity contribution in [3.05, 3.63) is 35.9 Å². The smallest absolute Gasteiger partial charge is 0.411 e. The molecule has 0 N–H and O–H groups in total. The second-order valence-electron chi connectivity index (χ2n) is 9.28. The first kappa shape index (κ1) is 20.6. The first-order valence-electron chi connectivity index (χ1n) is 10.1. The molecule has 6 nitrogen and oxygen atoms in total. The van der Waals surface area contributed by atoms with Crippen LogP contribution in [-0.2, 0) is 9.53 Å². The van der Waals surface area contributed by atoms with E-state index in [1.165, 1.54) is 5.56 Å². The molecule has 0 spiro atoms. The fraction of sp³-hybridized carbons (Fsp3) is 0.636. The molecule has 28 heavy (non-hydrogen) atoms. The number of nitrogens with zero attached hydrogens (tertiary/aromatic N) is 3. The van der Waals surface area contributed by atoms with Gasteiger partial charge in [-0.3, -0.25) is 9.69 Å². The lowest BCUT2D eigenvalue weighted by Gasteiger charge is -2.36. The van der Waals surface area contributed by atoms with Crippen molar-refractivity contribution in [2.45, 2.75) is 51.2 Å². The largest absolute Gasteiger partial charge is 0.444 e. The third-order valence-corrected chi connectivity index (χ3v) is 5.79. The molecule has 0 aromatic heterocycles. The number of likely N-dealkylation sites (N-methyl/N-ethyl adjacent to an activating group) is 1. The van der Waals surface area contributed by atoms with E-state index in [0.717, 1.165) is 19.5 Å². The van der Waals surface area contributed by atoms with Gasteiger partial charge in [-0.1, -0.05) is 30.3 Å². The zero-order chi connectivity index (χ0) is 20.5. The topological polar surface area (TPSA) is 53.1 Å². The van der Waals surface area contributed by atoms with Crippen LogP contribution in [0, 0.1) is 0 Å². The molecule has 2 fully saturated rings. The maximum atomic E-state index is 13.0. The minimum absolute atomic E-state index is 0.00102. The number of hydrogen-bond acceptors (Lipinski definition) is 4. The van der Waals surface area contributed by atoms with Crippen LogP contribution in [-0.4, -0.2) is 77.6 Å². The third-order valence-electron chi connectivity index (χ3n) is 5.79. The molecule has 1 aromatic carbocycles. The van der Waals surface area contributed by atoms with Crippen LogP contribution >= 0.6 is 0 Å². The summed E-state index contributed by atoms with van der Waals surface area (Å²) in [5.41, 5.74) is 0.205. The van der Waals surface area contributed by atoms with E-state index in [-0.39, 0.29) is 18.4 Å². The molecule has 1 aliphatic carbocycles. The van der Waals surface area contributed by atoms with Gasteiger partial charge >= 0.3 is 6.09 Å². The highest BCUT2D eigenvalue weighted by Gasteiger charge is 2.58. The molecule has 1 aromatic rings. The van der Waals surface area contributed by atoms with Gasteiger partial charge in [-0.2, -0.15) is 0 Å². The van der Waals surface area contributed by atoms with Crippen molar-refractivity contribution in [1.82, 2.24) is 14.7 Å². The summed E-state index contributed by atoms with van der Waals surface area (Å²) in [6.07, 6.45) is 0.433. The summed E-state index contributed by atoms with van der Waals surface area (Å²) < 4.78 is 5.66. The third kappa shape index (κ3) is 4.66. The van der Waals surface area contributed by atoms with Crippen LogP contribution in [0.5, 0.6) is 0 Å². The number of ether oxygens (including phenoxy) is 1. The van der Waals surface area contributed by atoms with E-state index >= 15 is 0 Å². The van der Waals surface area contributed by atoms with E-state index in [0.29, 0.717) is 13.1 Å². The van der Waals surface area contributed by atoms with Gasteiger partial charge in [-0.05, 0) is 46.7 Å². The Hall–Kier alpha value is -2.08. The molecular weight excluding hydrogens is 354 g/mol. The highest BCUT2D eigenvalue weighted by Crippen LogP contribution is 2.55. The van der Waals surface area contributed by atoms with Crippen LogP contribution in [0.15, 0.2) is 30.3 Å². The molecule has 2 aliphatic rings. The number of benzene rings is 1. The van der Waals surface area contributed by atoms with Gasteiger partial charge in [-0.15, -0.1) is 0 Å². The van der Waals surface area contributed by atoms with Crippen LogP contribution in [0.2, 0.25) is 0 Å². The van der Waals surface area contributed by atoms with Gasteiger partial charge in [0.05, 0.1) is 5.54 Å². The van der Waals surface area contributed by atoms with Crippen LogP contribution in [0.3, 0.4) is 0 Å². The fourth-order valence-electron chi connectivity index (χ4n) is 3.88. The fourth-order valence-corrected chi connectivity index (χ4v) is 3.88. The molecule has 0 bridgehead atoms. The zero-order valence-electron chi connectivity index (χ0n) is 17.8. The summed E-state index contributed by atoms with van der Waals surface area (Å²) in [6, 6.07) is 10.2. The quantitative estimate of drug-likeness (QED) is 0.797. The Morgan fingerprint density at radius 1 is 1.14 bits per heavy atom. The number of piperazine rings is 1. The minimum atomic E-state index is -0.598. The lowest BCUT2D eigenvalue weighted by Crippen LogP contribution is -2.53. The van der Waals surface area contributed by atoms with Crippen LogP contribution in [0.4, 0.5) is 4.79 Å². The Kier molecular flexibility index (Phi) is 5.71. The Labute approximate surface area is 168 Å². The molecule has 3 rings (SSSR count). The van der Waals surface area contributed by atoms with Crippen molar-refractivity contribution >= 4 is 12.0 Å².